The van der Waals surface area contributed by atoms with E-state index in [0.717, 1.165) is 10.4 Å². The molecule has 0 atom stereocenters. The highest BCUT2D eigenvalue weighted by atomic mass is 32.1. The first-order chi connectivity index (χ1) is 14.8. The van der Waals surface area contributed by atoms with E-state index in [1.54, 1.807) is 17.0 Å². The van der Waals surface area contributed by atoms with Crippen LogP contribution in [-0.2, 0) is 9.59 Å². The van der Waals surface area contributed by atoms with Crippen molar-refractivity contribution in [2.75, 3.05) is 13.1 Å². The summed E-state index contributed by atoms with van der Waals surface area (Å²) in [7, 11) is 0. The minimum atomic E-state index is -0.231. The Morgan fingerprint density at radius 2 is 1.74 bits per heavy atom. The standard InChI is InChI=1S/C23H28N2O5S/c1-15-11-14-30-22(15)23(29)24-17-9-12-25(13-10-17)21(28)8-5-18(26)4-6-19(27)20-7-3-16(2)31-20/h3,7,11,14,17H,4-6,8-10,12-13H2,1-2H3,(H,24,29). The zero-order valence-corrected chi connectivity index (χ0v) is 18.8. The van der Waals surface area contributed by atoms with Crippen LogP contribution in [0.3, 0.4) is 0 Å². The van der Waals surface area contributed by atoms with E-state index in [1.807, 2.05) is 19.9 Å². The molecule has 0 bridgehead atoms. The van der Waals surface area contributed by atoms with E-state index in [1.165, 1.54) is 17.6 Å². The van der Waals surface area contributed by atoms with E-state index >= 15 is 0 Å². The summed E-state index contributed by atoms with van der Waals surface area (Å²) < 4.78 is 5.21. The number of amides is 2. The van der Waals surface area contributed by atoms with Crippen LogP contribution in [0.2, 0.25) is 0 Å². The number of piperidine rings is 1. The first-order valence-corrected chi connectivity index (χ1v) is 11.4. The van der Waals surface area contributed by atoms with E-state index in [4.69, 9.17) is 4.42 Å². The van der Waals surface area contributed by atoms with Gasteiger partial charge >= 0.3 is 0 Å². The van der Waals surface area contributed by atoms with E-state index in [9.17, 15) is 19.2 Å². The third kappa shape index (κ3) is 6.37. The number of thiophene rings is 1. The Hall–Kier alpha value is -2.74. The molecule has 2 aromatic heterocycles. The number of ketones is 2. The average Bonchev–Trinajstić information content (AvgIpc) is 3.39. The second-order valence-electron chi connectivity index (χ2n) is 7.93. The molecular formula is C23H28N2O5S. The second-order valence-corrected chi connectivity index (χ2v) is 9.22. The third-order valence-electron chi connectivity index (χ3n) is 5.51. The van der Waals surface area contributed by atoms with Gasteiger partial charge in [0.25, 0.3) is 5.91 Å². The molecule has 1 N–H and O–H groups in total. The smallest absolute Gasteiger partial charge is 0.287 e. The van der Waals surface area contributed by atoms with Gasteiger partial charge in [-0.05, 0) is 44.9 Å². The molecule has 31 heavy (non-hydrogen) atoms. The summed E-state index contributed by atoms with van der Waals surface area (Å²) in [6, 6.07) is 5.43. The number of carbonyl (C=O) groups is 4. The number of nitrogens with zero attached hydrogens (tertiary/aromatic N) is 1. The lowest BCUT2D eigenvalue weighted by atomic mass is 10.0. The Labute approximate surface area is 185 Å². The zero-order chi connectivity index (χ0) is 22.4. The highest BCUT2D eigenvalue weighted by molar-refractivity contribution is 7.14. The lowest BCUT2D eigenvalue weighted by molar-refractivity contribution is -0.134. The number of rotatable bonds is 9. The van der Waals surface area contributed by atoms with Gasteiger partial charge in [-0.1, -0.05) is 0 Å². The topological polar surface area (TPSA) is 96.7 Å². The molecule has 7 nitrogen and oxygen atoms in total. The Kier molecular flexibility index (Phi) is 7.79. The highest BCUT2D eigenvalue weighted by Gasteiger charge is 2.25. The minimum Gasteiger partial charge on any atom is -0.459 e. The Morgan fingerprint density at radius 3 is 2.35 bits per heavy atom. The van der Waals surface area contributed by atoms with Crippen molar-refractivity contribution in [3.05, 3.63) is 45.5 Å². The highest BCUT2D eigenvalue weighted by Crippen LogP contribution is 2.18. The van der Waals surface area contributed by atoms with Crippen LogP contribution in [0.5, 0.6) is 0 Å². The number of hydrogen-bond donors (Lipinski definition) is 1. The van der Waals surface area contributed by atoms with Crippen LogP contribution in [0.25, 0.3) is 0 Å². The van der Waals surface area contributed by atoms with Crippen LogP contribution in [0.4, 0.5) is 0 Å². The molecule has 1 aliphatic rings. The molecule has 1 aliphatic heterocycles. The molecule has 1 saturated heterocycles. The molecular weight excluding hydrogens is 416 g/mol. The summed E-state index contributed by atoms with van der Waals surface area (Å²) in [5.41, 5.74) is 0.794. The van der Waals surface area contributed by atoms with Crippen molar-refractivity contribution in [2.45, 2.75) is 58.4 Å². The van der Waals surface area contributed by atoms with Gasteiger partial charge in [0.2, 0.25) is 5.91 Å². The van der Waals surface area contributed by atoms with Gasteiger partial charge in [-0.2, -0.15) is 0 Å². The summed E-state index contributed by atoms with van der Waals surface area (Å²) >= 11 is 1.43. The maximum absolute atomic E-state index is 12.4. The number of furan rings is 1. The summed E-state index contributed by atoms with van der Waals surface area (Å²) in [6.45, 7) is 4.85. The molecule has 0 spiro atoms. The van der Waals surface area contributed by atoms with Crippen LogP contribution < -0.4 is 5.32 Å². The van der Waals surface area contributed by atoms with Crippen molar-refractivity contribution in [1.29, 1.82) is 0 Å². The van der Waals surface area contributed by atoms with Gasteiger partial charge in [-0.15, -0.1) is 11.3 Å². The van der Waals surface area contributed by atoms with Crippen molar-refractivity contribution >= 4 is 34.7 Å². The van der Waals surface area contributed by atoms with Crippen molar-refractivity contribution < 1.29 is 23.6 Å². The third-order valence-corrected chi connectivity index (χ3v) is 6.56. The van der Waals surface area contributed by atoms with Crippen LogP contribution in [0, 0.1) is 13.8 Å². The van der Waals surface area contributed by atoms with Gasteiger partial charge in [-0.3, -0.25) is 19.2 Å². The Balaban J connectivity index is 1.34. The first-order valence-electron chi connectivity index (χ1n) is 10.6. The predicted molar refractivity (Wildman–Crippen MR) is 117 cm³/mol. The maximum Gasteiger partial charge on any atom is 0.287 e. The molecule has 166 valence electrons. The fourth-order valence-electron chi connectivity index (χ4n) is 3.62. The largest absolute Gasteiger partial charge is 0.459 e. The van der Waals surface area contributed by atoms with Crippen molar-refractivity contribution in [3.8, 4) is 0 Å². The fourth-order valence-corrected chi connectivity index (χ4v) is 4.45. The van der Waals surface area contributed by atoms with Crippen LogP contribution in [-0.4, -0.2) is 47.4 Å². The number of Topliss-reactive ketones (excluding diaryl/α,β-unsaturated/α-hetero) is 2. The van der Waals surface area contributed by atoms with Crippen molar-refractivity contribution in [2.24, 2.45) is 0 Å². The molecule has 0 saturated carbocycles. The van der Waals surface area contributed by atoms with Gasteiger partial charge < -0.3 is 14.6 Å². The number of nitrogens with one attached hydrogen (secondary N) is 1. The summed E-state index contributed by atoms with van der Waals surface area (Å²) in [5, 5.41) is 2.96. The number of aryl methyl sites for hydroxylation is 2. The number of hydrogen-bond acceptors (Lipinski definition) is 6. The maximum atomic E-state index is 12.4. The van der Waals surface area contributed by atoms with Gasteiger partial charge in [0, 0.05) is 55.3 Å². The van der Waals surface area contributed by atoms with Crippen LogP contribution >= 0.6 is 11.3 Å². The molecule has 3 rings (SSSR count). The quantitative estimate of drug-likeness (QED) is 0.595. The zero-order valence-electron chi connectivity index (χ0n) is 17.9. The van der Waals surface area contributed by atoms with E-state index in [0.29, 0.717) is 36.6 Å². The number of likely N-dealkylation sites (tertiary alicyclic amines) is 1. The first kappa shape index (κ1) is 22.9. The van der Waals surface area contributed by atoms with Gasteiger partial charge in [-0.25, -0.2) is 0 Å². The van der Waals surface area contributed by atoms with Crippen molar-refractivity contribution in [3.63, 3.8) is 0 Å². The Bertz CT molecular complexity index is 953. The van der Waals surface area contributed by atoms with Crippen LogP contribution in [0.15, 0.2) is 28.9 Å². The Morgan fingerprint density at radius 1 is 1.03 bits per heavy atom. The van der Waals surface area contributed by atoms with Crippen LogP contribution in [0.1, 0.15) is 69.2 Å². The summed E-state index contributed by atoms with van der Waals surface area (Å²) in [5.74, 6) is -0.0485. The summed E-state index contributed by atoms with van der Waals surface area (Å²) in [4.78, 5) is 52.4. The molecule has 0 aliphatic carbocycles. The van der Waals surface area contributed by atoms with E-state index in [2.05, 4.69) is 5.32 Å². The van der Waals surface area contributed by atoms with E-state index in [-0.39, 0.29) is 55.1 Å². The number of carbonyl (C=O) groups excluding carboxylic acids is 4. The molecule has 0 unspecified atom stereocenters. The van der Waals surface area contributed by atoms with Crippen molar-refractivity contribution in [1.82, 2.24) is 10.2 Å². The fraction of sp³-hybridized carbons (Fsp3) is 0.478. The molecule has 8 heteroatoms. The van der Waals surface area contributed by atoms with E-state index < -0.39 is 0 Å². The van der Waals surface area contributed by atoms with Gasteiger partial charge in [0.1, 0.15) is 5.78 Å². The minimum absolute atomic E-state index is 0.00502. The molecule has 2 aromatic rings. The SMILES string of the molecule is Cc1ccc(C(=O)CCC(=O)CCC(=O)N2CCC(NC(=O)c3occc3C)CC2)s1. The molecule has 1 fully saturated rings. The average molecular weight is 445 g/mol. The van der Waals surface area contributed by atoms with Gasteiger partial charge in [0.05, 0.1) is 11.1 Å². The molecule has 3 heterocycles. The normalized spacial score (nSPS) is 14.5. The molecule has 0 radical (unpaired) electrons. The monoisotopic (exact) mass is 444 g/mol. The molecule has 0 aromatic carbocycles. The lowest BCUT2D eigenvalue weighted by Crippen LogP contribution is -2.46. The van der Waals surface area contributed by atoms with Gasteiger partial charge in [0.15, 0.2) is 11.5 Å². The lowest BCUT2D eigenvalue weighted by Gasteiger charge is -2.32. The second kappa shape index (κ2) is 10.5. The summed E-state index contributed by atoms with van der Waals surface area (Å²) in [6.07, 6.45) is 3.50. The predicted octanol–water partition coefficient (Wildman–Crippen LogP) is 3.69. The molecule has 2 amide bonds.